The van der Waals surface area contributed by atoms with Gasteiger partial charge in [0.2, 0.25) is 10.0 Å². The first-order chi connectivity index (χ1) is 12.3. The molecule has 0 heterocycles. The molecule has 0 fully saturated rings. The van der Waals surface area contributed by atoms with E-state index in [1.807, 2.05) is 32.0 Å². The topological polar surface area (TPSA) is 83.6 Å². The van der Waals surface area contributed by atoms with Gasteiger partial charge in [0.25, 0.3) is 10.0 Å². The predicted octanol–water partition coefficient (Wildman–Crippen LogP) is 3.43. The first-order valence-corrected chi connectivity index (χ1v) is 11.7. The maximum absolute atomic E-state index is 13.2. The lowest BCUT2D eigenvalue weighted by atomic mass is 10.1. The van der Waals surface area contributed by atoms with Gasteiger partial charge in [0, 0.05) is 7.05 Å². The molecule has 1 N–H and O–H groups in total. The number of benzene rings is 2. The van der Waals surface area contributed by atoms with Crippen LogP contribution in [0.3, 0.4) is 0 Å². The molecule has 0 saturated carbocycles. The average Bonchev–Trinajstić information content (AvgIpc) is 2.49. The van der Waals surface area contributed by atoms with Crippen LogP contribution >= 0.6 is 0 Å². The predicted molar refractivity (Wildman–Crippen MR) is 111 cm³/mol. The molecule has 2 aromatic carbocycles. The highest BCUT2D eigenvalue weighted by molar-refractivity contribution is 7.93. The van der Waals surface area contributed by atoms with Gasteiger partial charge in [0.05, 0.1) is 22.5 Å². The molecule has 0 aromatic heterocycles. The van der Waals surface area contributed by atoms with Crippen molar-refractivity contribution in [2.45, 2.75) is 39.5 Å². The summed E-state index contributed by atoms with van der Waals surface area (Å²) in [6, 6.07) is 7.23. The van der Waals surface area contributed by atoms with Crippen LogP contribution in [-0.2, 0) is 20.0 Å². The lowest BCUT2D eigenvalue weighted by Crippen LogP contribution is -2.28. The smallest absolute Gasteiger partial charge is 0.262 e. The Morgan fingerprint density at radius 1 is 0.852 bits per heavy atom. The lowest BCUT2D eigenvalue weighted by Gasteiger charge is -2.25. The van der Waals surface area contributed by atoms with E-state index in [1.54, 1.807) is 26.8 Å². The van der Waals surface area contributed by atoms with E-state index in [9.17, 15) is 16.8 Å². The number of rotatable bonds is 5. The van der Waals surface area contributed by atoms with Crippen molar-refractivity contribution < 1.29 is 16.8 Å². The summed E-state index contributed by atoms with van der Waals surface area (Å²) in [4.78, 5) is 0.0984. The summed E-state index contributed by atoms with van der Waals surface area (Å²) in [5.74, 6) is 0. The summed E-state index contributed by atoms with van der Waals surface area (Å²) in [7, 11) is -6.01. The molecule has 148 valence electrons. The minimum atomic E-state index is -3.91. The first-order valence-electron chi connectivity index (χ1n) is 8.41. The Labute approximate surface area is 162 Å². The lowest BCUT2D eigenvalue weighted by molar-refractivity contribution is 0.596. The first kappa shape index (κ1) is 21.2. The zero-order valence-electron chi connectivity index (χ0n) is 16.7. The number of hydrogen-bond donors (Lipinski definition) is 1. The summed E-state index contributed by atoms with van der Waals surface area (Å²) < 4.78 is 54.3. The molecule has 0 bridgehead atoms. The van der Waals surface area contributed by atoms with Crippen molar-refractivity contribution >= 4 is 31.4 Å². The van der Waals surface area contributed by atoms with Crippen LogP contribution in [0.2, 0.25) is 0 Å². The highest BCUT2D eigenvalue weighted by atomic mass is 32.2. The van der Waals surface area contributed by atoms with E-state index in [4.69, 9.17) is 0 Å². The van der Waals surface area contributed by atoms with Crippen molar-refractivity contribution in [3.8, 4) is 0 Å². The van der Waals surface area contributed by atoms with E-state index >= 15 is 0 Å². The number of nitrogens with one attached hydrogen (secondary N) is 1. The van der Waals surface area contributed by atoms with Crippen LogP contribution in [0.1, 0.15) is 27.8 Å². The largest absolute Gasteiger partial charge is 0.279 e. The normalized spacial score (nSPS) is 12.1. The SMILES string of the molecule is Cc1cccc(C)c1NS(=O)(=O)c1c(C)cc(C)c(N(C)S(C)(=O)=O)c1C. The molecule has 0 aliphatic carbocycles. The van der Waals surface area contributed by atoms with Crippen molar-refractivity contribution in [2.24, 2.45) is 0 Å². The van der Waals surface area contributed by atoms with Gasteiger partial charge in [-0.15, -0.1) is 0 Å². The van der Waals surface area contributed by atoms with E-state index in [0.29, 0.717) is 28.1 Å². The molecule has 0 spiro atoms. The molecule has 0 aliphatic rings. The van der Waals surface area contributed by atoms with Gasteiger partial charge < -0.3 is 0 Å². The van der Waals surface area contributed by atoms with Gasteiger partial charge in [-0.2, -0.15) is 0 Å². The van der Waals surface area contributed by atoms with Gasteiger partial charge >= 0.3 is 0 Å². The summed E-state index contributed by atoms with van der Waals surface area (Å²) >= 11 is 0. The van der Waals surface area contributed by atoms with Crippen LogP contribution in [-0.4, -0.2) is 30.1 Å². The molecular weight excluding hydrogens is 384 g/mol. The van der Waals surface area contributed by atoms with Crippen LogP contribution in [0.25, 0.3) is 0 Å². The van der Waals surface area contributed by atoms with Gasteiger partial charge in [0.1, 0.15) is 0 Å². The second-order valence-electron chi connectivity index (χ2n) is 6.92. The zero-order valence-corrected chi connectivity index (χ0v) is 18.3. The quantitative estimate of drug-likeness (QED) is 0.819. The average molecular weight is 411 g/mol. The fraction of sp³-hybridized carbons (Fsp3) is 0.368. The van der Waals surface area contributed by atoms with Gasteiger partial charge in [-0.3, -0.25) is 9.03 Å². The van der Waals surface area contributed by atoms with E-state index in [1.165, 1.54) is 7.05 Å². The third-order valence-electron chi connectivity index (χ3n) is 4.66. The molecule has 2 rings (SSSR count). The third-order valence-corrected chi connectivity index (χ3v) is 7.48. The van der Waals surface area contributed by atoms with E-state index in [-0.39, 0.29) is 4.90 Å². The second kappa shape index (κ2) is 7.16. The molecular formula is C19H26N2O4S2. The second-order valence-corrected chi connectivity index (χ2v) is 10.5. The van der Waals surface area contributed by atoms with E-state index < -0.39 is 20.0 Å². The highest BCUT2D eigenvalue weighted by Crippen LogP contribution is 2.35. The highest BCUT2D eigenvalue weighted by Gasteiger charge is 2.27. The fourth-order valence-corrected chi connectivity index (χ4v) is 5.67. The number of para-hydroxylation sites is 1. The van der Waals surface area contributed by atoms with Gasteiger partial charge in [0.15, 0.2) is 0 Å². The fourth-order valence-electron chi connectivity index (χ4n) is 3.38. The van der Waals surface area contributed by atoms with Crippen molar-refractivity contribution in [2.75, 3.05) is 22.3 Å². The van der Waals surface area contributed by atoms with Crippen LogP contribution in [0, 0.1) is 34.6 Å². The number of anilines is 2. The van der Waals surface area contributed by atoms with Crippen molar-refractivity contribution in [3.05, 3.63) is 52.1 Å². The summed E-state index contributed by atoms with van der Waals surface area (Å²) in [5.41, 5.74) is 4.21. The summed E-state index contributed by atoms with van der Waals surface area (Å²) in [5, 5.41) is 0. The molecule has 0 amide bonds. The number of nitrogens with zero attached hydrogens (tertiary/aromatic N) is 1. The third kappa shape index (κ3) is 4.11. The number of aryl methyl sites for hydroxylation is 4. The molecule has 0 radical (unpaired) electrons. The molecule has 6 nitrogen and oxygen atoms in total. The van der Waals surface area contributed by atoms with Gasteiger partial charge in [-0.1, -0.05) is 24.3 Å². The molecule has 0 unspecified atom stereocenters. The Hall–Kier alpha value is -2.06. The molecule has 0 aliphatic heterocycles. The maximum atomic E-state index is 13.2. The van der Waals surface area contributed by atoms with Crippen molar-refractivity contribution in [1.29, 1.82) is 0 Å². The molecule has 0 atom stereocenters. The van der Waals surface area contributed by atoms with E-state index in [2.05, 4.69) is 4.72 Å². The minimum absolute atomic E-state index is 0.0984. The minimum Gasteiger partial charge on any atom is -0.279 e. The number of hydrogen-bond acceptors (Lipinski definition) is 4. The van der Waals surface area contributed by atoms with Crippen LogP contribution in [0.4, 0.5) is 11.4 Å². The monoisotopic (exact) mass is 410 g/mol. The molecule has 27 heavy (non-hydrogen) atoms. The Balaban J connectivity index is 2.71. The Morgan fingerprint density at radius 2 is 1.37 bits per heavy atom. The number of sulfonamides is 2. The van der Waals surface area contributed by atoms with Crippen LogP contribution in [0.15, 0.2) is 29.2 Å². The Bertz CT molecular complexity index is 1080. The Morgan fingerprint density at radius 3 is 1.85 bits per heavy atom. The molecule has 8 heteroatoms. The molecule has 0 saturated heterocycles. The van der Waals surface area contributed by atoms with E-state index in [0.717, 1.165) is 21.7 Å². The standard InChI is InChI=1S/C19H26N2O4S2/c1-12-9-8-10-13(2)17(12)20-27(24,25)19-15(4)11-14(3)18(16(19)5)21(6)26(7,22)23/h8-11,20H,1-7H3. The summed E-state index contributed by atoms with van der Waals surface area (Å²) in [6.07, 6.45) is 1.09. The van der Waals surface area contributed by atoms with Crippen molar-refractivity contribution in [1.82, 2.24) is 0 Å². The van der Waals surface area contributed by atoms with Gasteiger partial charge in [-0.05, 0) is 62.4 Å². The zero-order chi connectivity index (χ0) is 20.7. The summed E-state index contributed by atoms with van der Waals surface area (Å²) in [6.45, 7) is 8.79. The van der Waals surface area contributed by atoms with Gasteiger partial charge in [-0.25, -0.2) is 16.8 Å². The van der Waals surface area contributed by atoms with Crippen LogP contribution in [0.5, 0.6) is 0 Å². The molecule has 2 aromatic rings. The van der Waals surface area contributed by atoms with Crippen LogP contribution < -0.4 is 9.03 Å². The maximum Gasteiger partial charge on any atom is 0.262 e. The van der Waals surface area contributed by atoms with Crippen molar-refractivity contribution in [3.63, 3.8) is 0 Å². The Kier molecular flexibility index (Phi) is 5.64.